The molecule has 1 aromatic carbocycles. The number of hydrogen-bond acceptors (Lipinski definition) is 5. The number of carbonyl (C=O) groups excluding carboxylic acids is 1. The zero-order valence-corrected chi connectivity index (χ0v) is 13.0. The van der Waals surface area contributed by atoms with Gasteiger partial charge in [0.05, 0.1) is 11.3 Å². The van der Waals surface area contributed by atoms with Crippen LogP contribution in [0.1, 0.15) is 16.8 Å². The minimum Gasteiger partial charge on any atom is -0.352 e. The van der Waals surface area contributed by atoms with E-state index in [1.54, 1.807) is 18.2 Å². The van der Waals surface area contributed by atoms with Crippen molar-refractivity contribution in [2.45, 2.75) is 6.42 Å². The number of rotatable bonds is 6. The fourth-order valence-electron chi connectivity index (χ4n) is 1.72. The van der Waals surface area contributed by atoms with Crippen LogP contribution in [0.4, 0.5) is 0 Å². The second-order valence-electron chi connectivity index (χ2n) is 4.13. The molecule has 0 aliphatic heterocycles. The molecule has 9 heteroatoms. The molecule has 0 saturated carbocycles. The quantitative estimate of drug-likeness (QED) is 0.774. The minimum atomic E-state index is -0.200. The number of amides is 1. The third-order valence-electron chi connectivity index (χ3n) is 2.69. The van der Waals surface area contributed by atoms with Crippen LogP contribution in [0.15, 0.2) is 24.5 Å². The Bertz CT molecular complexity index is 575. The number of nitrogens with zero attached hydrogens (tertiary/aromatic N) is 4. The molecular formula is C12H16Cl2N6O. The maximum absolute atomic E-state index is 12.2. The molecule has 1 heterocycles. The molecule has 21 heavy (non-hydrogen) atoms. The van der Waals surface area contributed by atoms with Gasteiger partial charge in [-0.1, -0.05) is 11.6 Å². The van der Waals surface area contributed by atoms with E-state index in [-0.39, 0.29) is 18.3 Å². The average Bonchev–Trinajstić information content (AvgIpc) is 2.97. The van der Waals surface area contributed by atoms with Crippen molar-refractivity contribution in [3.05, 3.63) is 35.1 Å². The van der Waals surface area contributed by atoms with Crippen molar-refractivity contribution in [1.29, 1.82) is 0 Å². The van der Waals surface area contributed by atoms with E-state index in [1.165, 1.54) is 11.0 Å². The molecule has 7 nitrogen and oxygen atoms in total. The lowest BCUT2D eigenvalue weighted by atomic mass is 10.1. The lowest BCUT2D eigenvalue weighted by Crippen LogP contribution is -2.27. The van der Waals surface area contributed by atoms with Crippen molar-refractivity contribution in [3.63, 3.8) is 0 Å². The highest BCUT2D eigenvalue weighted by Gasteiger charge is 2.14. The van der Waals surface area contributed by atoms with E-state index in [0.29, 0.717) is 22.8 Å². The Labute approximate surface area is 133 Å². The molecule has 0 spiro atoms. The number of nitrogens with one attached hydrogen (secondary N) is 2. The summed E-state index contributed by atoms with van der Waals surface area (Å²) < 4.78 is 1.43. The highest BCUT2D eigenvalue weighted by molar-refractivity contribution is 6.31. The van der Waals surface area contributed by atoms with Crippen molar-refractivity contribution in [2.75, 3.05) is 20.1 Å². The van der Waals surface area contributed by atoms with Gasteiger partial charge in [0.15, 0.2) is 0 Å². The Hall–Kier alpha value is -1.70. The maximum Gasteiger partial charge on any atom is 0.253 e. The molecule has 1 amide bonds. The van der Waals surface area contributed by atoms with Crippen molar-refractivity contribution in [2.24, 2.45) is 0 Å². The van der Waals surface area contributed by atoms with Crippen LogP contribution in [-0.2, 0) is 0 Å². The SMILES string of the molecule is CNCCCNC(=O)c1cc(Cl)ccc1-n1cnnn1.Cl. The van der Waals surface area contributed by atoms with Gasteiger partial charge >= 0.3 is 0 Å². The summed E-state index contributed by atoms with van der Waals surface area (Å²) in [4.78, 5) is 12.2. The molecule has 2 N–H and O–H groups in total. The first-order chi connectivity index (χ1) is 9.72. The predicted octanol–water partition coefficient (Wildman–Crippen LogP) is 1.08. The summed E-state index contributed by atoms with van der Waals surface area (Å²) in [5.74, 6) is -0.200. The van der Waals surface area contributed by atoms with Gasteiger partial charge in [-0.05, 0) is 48.6 Å². The second-order valence-corrected chi connectivity index (χ2v) is 4.57. The van der Waals surface area contributed by atoms with Crippen LogP contribution in [0.2, 0.25) is 5.02 Å². The summed E-state index contributed by atoms with van der Waals surface area (Å²) in [5.41, 5.74) is 1.03. The standard InChI is InChI=1S/C12H15ClN6O.ClH/c1-14-5-2-6-15-12(20)10-7-9(13)3-4-11(10)19-8-16-17-18-19;/h3-4,7-8,14H,2,5-6H2,1H3,(H,15,20);1H. The van der Waals surface area contributed by atoms with Crippen LogP contribution in [0.5, 0.6) is 0 Å². The first-order valence-corrected chi connectivity index (χ1v) is 6.56. The molecule has 0 unspecified atom stereocenters. The Balaban J connectivity index is 0.00000220. The van der Waals surface area contributed by atoms with Crippen molar-refractivity contribution >= 4 is 29.9 Å². The number of hydrogen-bond donors (Lipinski definition) is 2. The molecule has 2 aromatic rings. The van der Waals surface area contributed by atoms with Gasteiger partial charge in [-0.25, -0.2) is 0 Å². The summed E-state index contributed by atoms with van der Waals surface area (Å²) >= 11 is 5.96. The summed E-state index contributed by atoms with van der Waals surface area (Å²) in [6.45, 7) is 1.43. The van der Waals surface area contributed by atoms with Gasteiger partial charge < -0.3 is 10.6 Å². The van der Waals surface area contributed by atoms with E-state index in [2.05, 4.69) is 26.2 Å². The van der Waals surface area contributed by atoms with Crippen LogP contribution in [0, 0.1) is 0 Å². The predicted molar refractivity (Wildman–Crippen MR) is 82.3 cm³/mol. The summed E-state index contributed by atoms with van der Waals surface area (Å²) in [5, 5.41) is 17.3. The monoisotopic (exact) mass is 330 g/mol. The van der Waals surface area contributed by atoms with Crippen molar-refractivity contribution in [1.82, 2.24) is 30.8 Å². The Morgan fingerprint density at radius 1 is 1.38 bits per heavy atom. The minimum absolute atomic E-state index is 0. The zero-order chi connectivity index (χ0) is 14.4. The smallest absolute Gasteiger partial charge is 0.253 e. The third kappa shape index (κ3) is 4.66. The van der Waals surface area contributed by atoms with Gasteiger partial charge in [0.2, 0.25) is 0 Å². The molecule has 114 valence electrons. The molecule has 0 saturated heterocycles. The molecule has 2 rings (SSSR count). The van der Waals surface area contributed by atoms with Crippen LogP contribution in [0.3, 0.4) is 0 Å². The van der Waals surface area contributed by atoms with Crippen LogP contribution < -0.4 is 10.6 Å². The van der Waals surface area contributed by atoms with E-state index in [1.807, 2.05) is 7.05 Å². The van der Waals surface area contributed by atoms with Crippen molar-refractivity contribution < 1.29 is 4.79 Å². The van der Waals surface area contributed by atoms with E-state index >= 15 is 0 Å². The highest BCUT2D eigenvalue weighted by Crippen LogP contribution is 2.18. The highest BCUT2D eigenvalue weighted by atomic mass is 35.5. The Morgan fingerprint density at radius 2 is 2.19 bits per heavy atom. The van der Waals surface area contributed by atoms with Gasteiger partial charge in [0.1, 0.15) is 6.33 Å². The van der Waals surface area contributed by atoms with E-state index in [9.17, 15) is 4.79 Å². The number of carbonyl (C=O) groups is 1. The fraction of sp³-hybridized carbons (Fsp3) is 0.333. The van der Waals surface area contributed by atoms with Gasteiger partial charge in [0, 0.05) is 11.6 Å². The van der Waals surface area contributed by atoms with Crippen molar-refractivity contribution in [3.8, 4) is 5.69 Å². The molecule has 0 aliphatic rings. The summed E-state index contributed by atoms with van der Waals surface area (Å²) in [6.07, 6.45) is 2.28. The Kier molecular flexibility index (Phi) is 7.07. The number of benzene rings is 1. The molecule has 0 radical (unpaired) electrons. The van der Waals surface area contributed by atoms with Gasteiger partial charge in [0.25, 0.3) is 5.91 Å². The molecule has 0 bridgehead atoms. The lowest BCUT2D eigenvalue weighted by Gasteiger charge is -2.10. The fourth-order valence-corrected chi connectivity index (χ4v) is 1.90. The normalized spacial score (nSPS) is 10.0. The van der Waals surface area contributed by atoms with Gasteiger partial charge in [-0.3, -0.25) is 4.79 Å². The first kappa shape index (κ1) is 17.4. The topological polar surface area (TPSA) is 84.7 Å². The largest absolute Gasteiger partial charge is 0.352 e. The molecule has 1 aromatic heterocycles. The summed E-state index contributed by atoms with van der Waals surface area (Å²) in [7, 11) is 1.87. The van der Waals surface area contributed by atoms with Crippen LogP contribution >= 0.6 is 24.0 Å². The van der Waals surface area contributed by atoms with Crippen LogP contribution in [0.25, 0.3) is 5.69 Å². The van der Waals surface area contributed by atoms with Gasteiger partial charge in [-0.2, -0.15) is 4.68 Å². The number of halogens is 2. The lowest BCUT2D eigenvalue weighted by molar-refractivity contribution is 0.0953. The van der Waals surface area contributed by atoms with E-state index < -0.39 is 0 Å². The second kappa shape index (κ2) is 8.56. The molecule has 0 fully saturated rings. The number of tetrazole rings is 1. The Morgan fingerprint density at radius 3 is 2.86 bits per heavy atom. The molecular weight excluding hydrogens is 315 g/mol. The first-order valence-electron chi connectivity index (χ1n) is 6.18. The van der Waals surface area contributed by atoms with Crippen LogP contribution in [-0.4, -0.2) is 46.3 Å². The third-order valence-corrected chi connectivity index (χ3v) is 2.92. The average molecular weight is 331 g/mol. The zero-order valence-electron chi connectivity index (χ0n) is 11.4. The van der Waals surface area contributed by atoms with E-state index in [4.69, 9.17) is 11.6 Å². The maximum atomic E-state index is 12.2. The molecule has 0 atom stereocenters. The molecule has 0 aliphatic carbocycles. The summed E-state index contributed by atoms with van der Waals surface area (Å²) in [6, 6.07) is 5.00. The van der Waals surface area contributed by atoms with E-state index in [0.717, 1.165) is 13.0 Å². The van der Waals surface area contributed by atoms with Gasteiger partial charge in [-0.15, -0.1) is 17.5 Å². The number of aromatic nitrogens is 4.